The number of hydrogen-bond donors (Lipinski definition) is 0. The molecule has 2 fully saturated rings. The molecule has 0 bridgehead atoms. The maximum atomic E-state index is 6.23. The van der Waals surface area contributed by atoms with Gasteiger partial charge >= 0.3 is 146 Å². The molecule has 0 aromatic carbocycles. The Balaban J connectivity index is 2.16. The van der Waals surface area contributed by atoms with E-state index in [1.54, 1.807) is 7.11 Å². The van der Waals surface area contributed by atoms with E-state index in [1.807, 2.05) is 0 Å². The summed E-state index contributed by atoms with van der Waals surface area (Å²) in [5.74, 6) is 0.199. The molecular formula is C17H30IO4-. The van der Waals surface area contributed by atoms with E-state index in [0.717, 1.165) is 19.4 Å². The first-order valence-electron chi connectivity index (χ1n) is 7.95. The van der Waals surface area contributed by atoms with E-state index < -0.39 is 0 Å². The van der Waals surface area contributed by atoms with Crippen molar-refractivity contribution >= 4 is 0 Å². The third-order valence-electron chi connectivity index (χ3n) is 4.80. The monoisotopic (exact) mass is 425 g/mol. The summed E-state index contributed by atoms with van der Waals surface area (Å²) in [7, 11) is 1.79. The van der Waals surface area contributed by atoms with E-state index in [2.05, 4.69) is 38.7 Å². The van der Waals surface area contributed by atoms with Crippen molar-refractivity contribution in [2.24, 2.45) is 5.92 Å². The van der Waals surface area contributed by atoms with Crippen LogP contribution in [-0.2, 0) is 17.3 Å². The van der Waals surface area contributed by atoms with Crippen molar-refractivity contribution in [1.82, 2.24) is 0 Å². The Kier molecular flexibility index (Phi) is 6.33. The van der Waals surface area contributed by atoms with Gasteiger partial charge in [0.15, 0.2) is 0 Å². The van der Waals surface area contributed by atoms with E-state index in [0.29, 0.717) is 6.61 Å². The number of alkyl halides is 1. The molecule has 1 aliphatic heterocycles. The normalized spacial score (nSPS) is 34.9. The fraction of sp³-hybridized carbons (Fsp3) is 0.882. The van der Waals surface area contributed by atoms with Crippen LogP contribution < -0.4 is 21.6 Å². The standard InChI is InChI=1S/C17H30IO4/c1-12(2)8-10-20-16(3,4)15-14(19-6)13(22-18-5)7-9-17(15)11-21-17/h8,13-15H,7,9-11H2,1-6H3/q-1/t13?,14?,15?,17-/m0/s1. The van der Waals surface area contributed by atoms with Crippen molar-refractivity contribution in [3.63, 3.8) is 0 Å². The SMILES string of the molecule is COC1C(O[I-]C)CC[C@]2(CO2)C1C(C)(C)OCC=C(C)C. The quantitative estimate of drug-likeness (QED) is 0.249. The van der Waals surface area contributed by atoms with Crippen LogP contribution in [0.15, 0.2) is 11.6 Å². The van der Waals surface area contributed by atoms with Gasteiger partial charge in [-0.1, -0.05) is 0 Å². The number of epoxide rings is 1. The molecule has 1 spiro atoms. The summed E-state index contributed by atoms with van der Waals surface area (Å²) in [5, 5.41) is 0. The van der Waals surface area contributed by atoms with Crippen LogP contribution in [0.4, 0.5) is 0 Å². The molecule has 22 heavy (non-hydrogen) atoms. The summed E-state index contributed by atoms with van der Waals surface area (Å²) >= 11 is -0.210. The molecule has 130 valence electrons. The van der Waals surface area contributed by atoms with Crippen LogP contribution in [0.3, 0.4) is 0 Å². The molecule has 5 heteroatoms. The molecule has 0 radical (unpaired) electrons. The molecule has 0 amide bonds. The van der Waals surface area contributed by atoms with Crippen LogP contribution in [-0.4, -0.2) is 48.7 Å². The predicted molar refractivity (Wildman–Crippen MR) is 82.5 cm³/mol. The van der Waals surface area contributed by atoms with Crippen molar-refractivity contribution in [2.45, 2.75) is 63.9 Å². The Labute approximate surface area is 145 Å². The topological polar surface area (TPSA) is 40.2 Å². The van der Waals surface area contributed by atoms with Gasteiger partial charge in [-0.25, -0.2) is 0 Å². The van der Waals surface area contributed by atoms with Crippen LogP contribution >= 0.6 is 0 Å². The van der Waals surface area contributed by atoms with Crippen molar-refractivity contribution in [3.05, 3.63) is 11.6 Å². The average Bonchev–Trinajstić information content (AvgIpc) is 3.20. The molecule has 1 heterocycles. The van der Waals surface area contributed by atoms with Crippen LogP contribution in [0.25, 0.3) is 0 Å². The maximum absolute atomic E-state index is 6.23. The molecule has 2 aliphatic rings. The Morgan fingerprint density at radius 3 is 2.59 bits per heavy atom. The summed E-state index contributed by atoms with van der Waals surface area (Å²) < 4.78 is 24.0. The molecule has 0 aromatic rings. The number of rotatable bonds is 7. The van der Waals surface area contributed by atoms with Gasteiger partial charge < -0.3 is 0 Å². The second-order valence-electron chi connectivity index (χ2n) is 7.05. The zero-order valence-corrected chi connectivity index (χ0v) is 16.8. The van der Waals surface area contributed by atoms with Gasteiger partial charge in [-0.05, 0) is 0 Å². The molecule has 1 saturated heterocycles. The van der Waals surface area contributed by atoms with E-state index >= 15 is 0 Å². The van der Waals surface area contributed by atoms with E-state index in [9.17, 15) is 0 Å². The van der Waals surface area contributed by atoms with Gasteiger partial charge in [-0.3, -0.25) is 0 Å². The van der Waals surface area contributed by atoms with Gasteiger partial charge in [0.1, 0.15) is 0 Å². The third-order valence-corrected chi connectivity index (χ3v) is 5.96. The zero-order valence-electron chi connectivity index (χ0n) is 14.6. The molecule has 0 N–H and O–H groups in total. The first-order valence-corrected chi connectivity index (χ1v) is 11.0. The predicted octanol–water partition coefficient (Wildman–Crippen LogP) is -0.0392. The van der Waals surface area contributed by atoms with Crippen molar-refractivity contribution in [3.8, 4) is 0 Å². The van der Waals surface area contributed by atoms with Gasteiger partial charge in [-0.15, -0.1) is 0 Å². The molecule has 4 nitrogen and oxygen atoms in total. The number of hydrogen-bond acceptors (Lipinski definition) is 4. The van der Waals surface area contributed by atoms with Gasteiger partial charge in [0.2, 0.25) is 0 Å². The fourth-order valence-corrected chi connectivity index (χ4v) is 4.87. The van der Waals surface area contributed by atoms with E-state index in [-0.39, 0.29) is 50.9 Å². The summed E-state index contributed by atoms with van der Waals surface area (Å²) in [6.07, 6.45) is 4.40. The van der Waals surface area contributed by atoms with Crippen LogP contribution in [0.1, 0.15) is 40.5 Å². The molecule has 2 rings (SSSR count). The van der Waals surface area contributed by atoms with Gasteiger partial charge in [0, 0.05) is 0 Å². The number of ether oxygens (including phenoxy) is 3. The average molecular weight is 425 g/mol. The number of allylic oxidation sites excluding steroid dienone is 1. The van der Waals surface area contributed by atoms with Crippen LogP contribution in [0, 0.1) is 5.92 Å². The van der Waals surface area contributed by atoms with Crippen molar-refractivity contribution in [1.29, 1.82) is 0 Å². The Hall–Kier alpha value is 0.310. The van der Waals surface area contributed by atoms with Crippen LogP contribution in [0.2, 0.25) is 0 Å². The number of methoxy groups -OCH3 is 1. The minimum atomic E-state index is -0.308. The Morgan fingerprint density at radius 2 is 2.09 bits per heavy atom. The molecule has 1 saturated carbocycles. The number of halogens is 1. The van der Waals surface area contributed by atoms with E-state index in [1.165, 1.54) is 5.57 Å². The summed E-state index contributed by atoms with van der Waals surface area (Å²) in [6.45, 7) is 9.96. The van der Waals surface area contributed by atoms with Crippen LogP contribution in [0.5, 0.6) is 0 Å². The van der Waals surface area contributed by atoms with Gasteiger partial charge in [0.25, 0.3) is 0 Å². The summed E-state index contributed by atoms with van der Waals surface area (Å²) in [6, 6.07) is 0. The first-order chi connectivity index (χ1) is 10.4. The molecule has 3 unspecified atom stereocenters. The fourth-order valence-electron chi connectivity index (χ4n) is 3.68. The molecule has 1 aliphatic carbocycles. The zero-order chi connectivity index (χ0) is 16.4. The van der Waals surface area contributed by atoms with E-state index in [4.69, 9.17) is 17.3 Å². The third kappa shape index (κ3) is 4.04. The second-order valence-corrected chi connectivity index (χ2v) is 8.44. The Morgan fingerprint density at radius 1 is 1.41 bits per heavy atom. The van der Waals surface area contributed by atoms with Gasteiger partial charge in [0.05, 0.1) is 0 Å². The molecular weight excluding hydrogens is 395 g/mol. The Bertz CT molecular complexity index is 399. The molecule has 0 aromatic heterocycles. The van der Waals surface area contributed by atoms with Crippen molar-refractivity contribution < 1.29 is 38.9 Å². The first kappa shape index (κ1) is 18.6. The summed E-state index contributed by atoms with van der Waals surface area (Å²) in [5.41, 5.74) is 0.898. The second kappa shape index (κ2) is 7.47. The summed E-state index contributed by atoms with van der Waals surface area (Å²) in [4.78, 5) is 2.15. The van der Waals surface area contributed by atoms with Crippen molar-refractivity contribution in [2.75, 3.05) is 25.3 Å². The minimum absolute atomic E-state index is 0.0394. The van der Waals surface area contributed by atoms with Gasteiger partial charge in [-0.2, -0.15) is 0 Å². The molecule has 4 atom stereocenters.